The van der Waals surface area contributed by atoms with E-state index >= 15 is 0 Å². The van der Waals surface area contributed by atoms with Gasteiger partial charge in [0, 0.05) is 11.3 Å². The number of rotatable bonds is 3. The van der Waals surface area contributed by atoms with Gasteiger partial charge in [0.05, 0.1) is 5.56 Å². The van der Waals surface area contributed by atoms with E-state index in [-0.39, 0.29) is 12.4 Å². The lowest BCUT2D eigenvalue weighted by molar-refractivity contribution is 0.0469. The van der Waals surface area contributed by atoms with Crippen LogP contribution in [0.4, 0.5) is 10.1 Å². The molecule has 2 aromatic carbocycles. The maximum atomic E-state index is 13.4. The molecular formula is C15H14FNO2. The Bertz CT molecular complexity index is 591. The van der Waals surface area contributed by atoms with E-state index in [0.717, 1.165) is 5.56 Å². The Morgan fingerprint density at radius 3 is 2.68 bits per heavy atom. The molecule has 0 bridgehead atoms. The van der Waals surface area contributed by atoms with Gasteiger partial charge in [-0.05, 0) is 36.8 Å². The van der Waals surface area contributed by atoms with Crippen molar-refractivity contribution >= 4 is 11.7 Å². The molecule has 0 saturated heterocycles. The molecule has 19 heavy (non-hydrogen) atoms. The molecule has 0 unspecified atom stereocenters. The molecule has 2 aromatic rings. The van der Waals surface area contributed by atoms with Crippen LogP contribution < -0.4 is 5.73 Å². The van der Waals surface area contributed by atoms with Crippen molar-refractivity contribution in [2.45, 2.75) is 13.5 Å². The second kappa shape index (κ2) is 5.52. The third kappa shape index (κ3) is 3.31. The highest BCUT2D eigenvalue weighted by Gasteiger charge is 2.10. The molecular weight excluding hydrogens is 245 g/mol. The van der Waals surface area contributed by atoms with Crippen LogP contribution in [0.15, 0.2) is 42.5 Å². The quantitative estimate of drug-likeness (QED) is 0.680. The molecule has 0 aliphatic heterocycles. The van der Waals surface area contributed by atoms with Gasteiger partial charge in [-0.15, -0.1) is 0 Å². The van der Waals surface area contributed by atoms with E-state index < -0.39 is 5.97 Å². The molecule has 2 N–H and O–H groups in total. The molecule has 0 fully saturated rings. The fourth-order valence-electron chi connectivity index (χ4n) is 1.77. The standard InChI is InChI=1S/C15H14FNO2/c1-10-6-12(8-13(17)7-10)15(18)19-9-11-4-2-3-5-14(11)16/h2-8H,9,17H2,1H3. The number of benzene rings is 2. The molecule has 0 radical (unpaired) electrons. The Balaban J connectivity index is 2.08. The fraction of sp³-hybridized carbons (Fsp3) is 0.133. The lowest BCUT2D eigenvalue weighted by Crippen LogP contribution is -2.07. The average molecular weight is 259 g/mol. The van der Waals surface area contributed by atoms with Crippen molar-refractivity contribution in [3.63, 3.8) is 0 Å². The van der Waals surface area contributed by atoms with Crippen LogP contribution in [0.2, 0.25) is 0 Å². The van der Waals surface area contributed by atoms with E-state index in [2.05, 4.69) is 0 Å². The zero-order chi connectivity index (χ0) is 13.8. The maximum Gasteiger partial charge on any atom is 0.338 e. The largest absolute Gasteiger partial charge is 0.457 e. The lowest BCUT2D eigenvalue weighted by Gasteiger charge is -2.07. The van der Waals surface area contributed by atoms with Gasteiger partial charge in [0.15, 0.2) is 0 Å². The first-order chi connectivity index (χ1) is 9.06. The maximum absolute atomic E-state index is 13.4. The van der Waals surface area contributed by atoms with E-state index in [1.807, 2.05) is 6.92 Å². The Morgan fingerprint density at radius 1 is 1.26 bits per heavy atom. The minimum Gasteiger partial charge on any atom is -0.457 e. The summed E-state index contributed by atoms with van der Waals surface area (Å²) >= 11 is 0. The van der Waals surface area contributed by atoms with Crippen molar-refractivity contribution in [3.8, 4) is 0 Å². The molecule has 0 aliphatic rings. The van der Waals surface area contributed by atoms with Gasteiger partial charge in [-0.1, -0.05) is 18.2 Å². The summed E-state index contributed by atoms with van der Waals surface area (Å²) in [6.45, 7) is 1.74. The van der Waals surface area contributed by atoms with Crippen LogP contribution in [-0.4, -0.2) is 5.97 Å². The molecule has 0 aliphatic carbocycles. The number of hydrogen-bond acceptors (Lipinski definition) is 3. The monoisotopic (exact) mass is 259 g/mol. The molecule has 4 heteroatoms. The smallest absolute Gasteiger partial charge is 0.338 e. The Labute approximate surface area is 110 Å². The summed E-state index contributed by atoms with van der Waals surface area (Å²) in [5.41, 5.74) is 7.75. The Morgan fingerprint density at radius 2 is 2.00 bits per heavy atom. The zero-order valence-electron chi connectivity index (χ0n) is 10.5. The first-order valence-electron chi connectivity index (χ1n) is 5.84. The highest BCUT2D eigenvalue weighted by atomic mass is 19.1. The number of carbonyl (C=O) groups is 1. The van der Waals surface area contributed by atoms with Crippen LogP contribution in [0.3, 0.4) is 0 Å². The average Bonchev–Trinajstić information content (AvgIpc) is 2.36. The van der Waals surface area contributed by atoms with E-state index in [4.69, 9.17) is 10.5 Å². The van der Waals surface area contributed by atoms with Gasteiger partial charge >= 0.3 is 5.97 Å². The van der Waals surface area contributed by atoms with Crippen LogP contribution in [0, 0.1) is 12.7 Å². The number of esters is 1. The summed E-state index contributed by atoms with van der Waals surface area (Å²) in [7, 11) is 0. The van der Waals surface area contributed by atoms with E-state index in [9.17, 15) is 9.18 Å². The van der Waals surface area contributed by atoms with Crippen molar-refractivity contribution in [1.29, 1.82) is 0 Å². The minimum atomic E-state index is -0.515. The van der Waals surface area contributed by atoms with Crippen molar-refractivity contribution < 1.29 is 13.9 Å². The normalized spacial score (nSPS) is 10.2. The van der Waals surface area contributed by atoms with Crippen LogP contribution in [0.5, 0.6) is 0 Å². The molecule has 3 nitrogen and oxygen atoms in total. The summed E-state index contributed by atoms with van der Waals surface area (Å²) in [5.74, 6) is -0.905. The number of aryl methyl sites for hydroxylation is 1. The highest BCUT2D eigenvalue weighted by Crippen LogP contribution is 2.14. The SMILES string of the molecule is Cc1cc(N)cc(C(=O)OCc2ccccc2F)c1. The number of nitrogen functional groups attached to an aromatic ring is 1. The Hall–Kier alpha value is -2.36. The first-order valence-corrected chi connectivity index (χ1v) is 5.84. The first kappa shape index (κ1) is 13.1. The van der Waals surface area contributed by atoms with Crippen molar-refractivity contribution in [2.75, 3.05) is 5.73 Å². The van der Waals surface area contributed by atoms with E-state index in [1.54, 1.807) is 30.3 Å². The number of carbonyl (C=O) groups excluding carboxylic acids is 1. The molecule has 0 aromatic heterocycles. The second-order valence-corrected chi connectivity index (χ2v) is 4.30. The summed E-state index contributed by atoms with van der Waals surface area (Å²) in [4.78, 5) is 11.8. The van der Waals surface area contributed by atoms with Gasteiger partial charge in [-0.3, -0.25) is 0 Å². The Kier molecular flexibility index (Phi) is 3.80. The molecule has 0 amide bonds. The second-order valence-electron chi connectivity index (χ2n) is 4.30. The third-order valence-electron chi connectivity index (χ3n) is 2.65. The minimum absolute atomic E-state index is 0.0979. The molecule has 2 rings (SSSR count). The fourth-order valence-corrected chi connectivity index (χ4v) is 1.77. The van der Waals surface area contributed by atoms with Crippen LogP contribution in [0.25, 0.3) is 0 Å². The van der Waals surface area contributed by atoms with Gasteiger partial charge < -0.3 is 10.5 Å². The predicted octanol–water partition coefficient (Wildman–Crippen LogP) is 3.07. The summed E-state index contributed by atoms with van der Waals surface area (Å²) < 4.78 is 18.4. The van der Waals surface area contributed by atoms with E-state index in [0.29, 0.717) is 16.8 Å². The molecule has 0 heterocycles. The number of hydrogen-bond donors (Lipinski definition) is 1. The van der Waals surface area contributed by atoms with Crippen LogP contribution >= 0.6 is 0 Å². The van der Waals surface area contributed by atoms with Crippen molar-refractivity contribution in [2.24, 2.45) is 0 Å². The van der Waals surface area contributed by atoms with Crippen LogP contribution in [-0.2, 0) is 11.3 Å². The van der Waals surface area contributed by atoms with E-state index in [1.165, 1.54) is 12.1 Å². The van der Waals surface area contributed by atoms with Gasteiger partial charge in [0.2, 0.25) is 0 Å². The van der Waals surface area contributed by atoms with Gasteiger partial charge in [0.1, 0.15) is 12.4 Å². The zero-order valence-corrected chi connectivity index (χ0v) is 10.5. The van der Waals surface area contributed by atoms with Gasteiger partial charge in [-0.2, -0.15) is 0 Å². The van der Waals surface area contributed by atoms with Gasteiger partial charge in [-0.25, -0.2) is 9.18 Å². The number of nitrogens with two attached hydrogens (primary N) is 1. The third-order valence-corrected chi connectivity index (χ3v) is 2.65. The summed E-state index contributed by atoms with van der Waals surface area (Å²) in [6, 6.07) is 11.2. The highest BCUT2D eigenvalue weighted by molar-refractivity contribution is 5.90. The molecule has 98 valence electrons. The van der Waals surface area contributed by atoms with Crippen molar-refractivity contribution in [1.82, 2.24) is 0 Å². The summed E-state index contributed by atoms with van der Waals surface area (Å²) in [5, 5.41) is 0. The molecule has 0 spiro atoms. The number of ether oxygens (including phenoxy) is 1. The van der Waals surface area contributed by atoms with Gasteiger partial charge in [0.25, 0.3) is 0 Å². The predicted molar refractivity (Wildman–Crippen MR) is 71.1 cm³/mol. The topological polar surface area (TPSA) is 52.3 Å². The van der Waals surface area contributed by atoms with Crippen molar-refractivity contribution in [3.05, 3.63) is 65.0 Å². The molecule has 0 saturated carbocycles. The lowest BCUT2D eigenvalue weighted by atomic mass is 10.1. The summed E-state index contributed by atoms with van der Waals surface area (Å²) in [6.07, 6.45) is 0. The van der Waals surface area contributed by atoms with Crippen LogP contribution in [0.1, 0.15) is 21.5 Å². The molecule has 0 atom stereocenters. The number of halogens is 1. The number of anilines is 1.